The van der Waals surface area contributed by atoms with Crippen molar-refractivity contribution in [2.24, 2.45) is 0 Å². The molecule has 108 valence electrons. The molecule has 1 aromatic rings. The number of rotatable bonds is 2. The molecule has 1 atom stereocenters. The number of sulfonamides is 1. The van der Waals surface area contributed by atoms with E-state index < -0.39 is 15.6 Å². The van der Waals surface area contributed by atoms with Crippen molar-refractivity contribution in [1.82, 2.24) is 4.31 Å². The van der Waals surface area contributed by atoms with Crippen LogP contribution in [0, 0.1) is 6.92 Å². The Kier molecular flexibility index (Phi) is 3.21. The second-order valence-corrected chi connectivity index (χ2v) is 7.66. The molecule has 1 aromatic carbocycles. The maximum absolute atomic E-state index is 12.8. The van der Waals surface area contributed by atoms with Crippen LogP contribution in [0.1, 0.15) is 37.7 Å². The summed E-state index contributed by atoms with van der Waals surface area (Å²) >= 11 is 0. The molecule has 1 aliphatic carbocycles. The lowest BCUT2D eigenvalue weighted by Gasteiger charge is -2.32. The number of nitrogens with zero attached hydrogens (tertiary/aromatic N) is 1. The van der Waals surface area contributed by atoms with E-state index in [0.29, 0.717) is 30.7 Å². The zero-order valence-corrected chi connectivity index (χ0v) is 12.4. The van der Waals surface area contributed by atoms with Crippen molar-refractivity contribution in [1.29, 1.82) is 0 Å². The molecule has 1 spiro atoms. The second-order valence-electron chi connectivity index (χ2n) is 5.80. The number of carbonyl (C=O) groups excluding carboxylic acids is 1. The third-order valence-electron chi connectivity index (χ3n) is 4.55. The van der Waals surface area contributed by atoms with Gasteiger partial charge in [0.05, 0.1) is 10.4 Å². The molecule has 0 unspecified atom stereocenters. The van der Waals surface area contributed by atoms with E-state index in [1.807, 2.05) is 6.92 Å². The zero-order chi connectivity index (χ0) is 14.4. The van der Waals surface area contributed by atoms with Crippen molar-refractivity contribution in [3.05, 3.63) is 29.8 Å². The molecular weight excluding hydrogens is 274 g/mol. The Morgan fingerprint density at radius 1 is 1.10 bits per heavy atom. The molecule has 0 radical (unpaired) electrons. The number of Topliss-reactive ketones (excluding diaryl/α,β-unsaturated/α-hetero) is 1. The summed E-state index contributed by atoms with van der Waals surface area (Å²) in [5, 5.41) is 0. The van der Waals surface area contributed by atoms with E-state index >= 15 is 0 Å². The molecular formula is C15H19NO3S. The molecule has 1 saturated heterocycles. The minimum Gasteiger partial charge on any atom is -0.298 e. The van der Waals surface area contributed by atoms with Crippen molar-refractivity contribution < 1.29 is 13.2 Å². The van der Waals surface area contributed by atoms with E-state index in [-0.39, 0.29) is 5.78 Å². The quantitative estimate of drug-likeness (QED) is 0.840. The molecule has 2 fully saturated rings. The van der Waals surface area contributed by atoms with Gasteiger partial charge in [0.1, 0.15) is 0 Å². The molecule has 1 heterocycles. The second kappa shape index (κ2) is 4.67. The summed E-state index contributed by atoms with van der Waals surface area (Å²) in [5.41, 5.74) is 0.279. The number of ketones is 1. The minimum absolute atomic E-state index is 0.102. The van der Waals surface area contributed by atoms with Crippen molar-refractivity contribution in [2.75, 3.05) is 6.54 Å². The third-order valence-corrected chi connectivity index (χ3v) is 6.53. The predicted molar refractivity (Wildman–Crippen MR) is 75.9 cm³/mol. The van der Waals surface area contributed by atoms with Gasteiger partial charge in [0.25, 0.3) is 0 Å². The highest BCUT2D eigenvalue weighted by Gasteiger charge is 2.54. The fourth-order valence-electron chi connectivity index (χ4n) is 3.48. The normalized spacial score (nSPS) is 27.6. The molecule has 0 N–H and O–H groups in total. The summed E-state index contributed by atoms with van der Waals surface area (Å²) in [6, 6.07) is 6.87. The van der Waals surface area contributed by atoms with Gasteiger partial charge in [-0.1, -0.05) is 17.7 Å². The van der Waals surface area contributed by atoms with Gasteiger partial charge in [0.2, 0.25) is 10.0 Å². The summed E-state index contributed by atoms with van der Waals surface area (Å²) in [6.07, 6.45) is 3.45. The summed E-state index contributed by atoms with van der Waals surface area (Å²) < 4.78 is 27.1. The van der Waals surface area contributed by atoms with Crippen LogP contribution in [0.3, 0.4) is 0 Å². The van der Waals surface area contributed by atoms with Gasteiger partial charge in [-0.25, -0.2) is 8.42 Å². The first-order valence-corrected chi connectivity index (χ1v) is 8.54. The van der Waals surface area contributed by atoms with E-state index in [1.165, 1.54) is 4.31 Å². The molecule has 5 heteroatoms. The third kappa shape index (κ3) is 1.91. The average molecular weight is 293 g/mol. The number of hydrogen-bond acceptors (Lipinski definition) is 3. The highest BCUT2D eigenvalue weighted by atomic mass is 32.2. The van der Waals surface area contributed by atoms with Crippen LogP contribution in [0.5, 0.6) is 0 Å². The van der Waals surface area contributed by atoms with E-state index in [0.717, 1.165) is 18.4 Å². The van der Waals surface area contributed by atoms with Crippen LogP contribution >= 0.6 is 0 Å². The highest BCUT2D eigenvalue weighted by Crippen LogP contribution is 2.43. The van der Waals surface area contributed by atoms with Gasteiger partial charge in [-0.2, -0.15) is 4.31 Å². The Morgan fingerprint density at radius 3 is 2.35 bits per heavy atom. The molecule has 2 aliphatic rings. The lowest BCUT2D eigenvalue weighted by molar-refractivity contribution is -0.124. The average Bonchev–Trinajstić information content (AvgIpc) is 2.99. The largest absolute Gasteiger partial charge is 0.298 e. The van der Waals surface area contributed by atoms with Gasteiger partial charge in [0.15, 0.2) is 5.78 Å². The lowest BCUT2D eigenvalue weighted by Crippen LogP contribution is -2.50. The van der Waals surface area contributed by atoms with Crippen molar-refractivity contribution in [3.8, 4) is 0 Å². The van der Waals surface area contributed by atoms with Crippen LogP contribution < -0.4 is 0 Å². The maximum Gasteiger partial charge on any atom is 0.243 e. The summed E-state index contributed by atoms with van der Waals surface area (Å²) in [5.74, 6) is 0.102. The van der Waals surface area contributed by atoms with Crippen molar-refractivity contribution in [2.45, 2.75) is 49.5 Å². The standard InChI is InChI=1S/C15H19NO3S/c1-12-5-7-13(8-6-12)20(18,19)16-11-3-10-15(16)9-2-4-14(15)17/h5-8H,2-4,9-11H2,1H3/t15-/m0/s1. The molecule has 3 rings (SSSR count). The molecule has 1 saturated carbocycles. The van der Waals surface area contributed by atoms with Crippen LogP contribution in [-0.2, 0) is 14.8 Å². The van der Waals surface area contributed by atoms with Crippen molar-refractivity contribution in [3.63, 3.8) is 0 Å². The first-order valence-electron chi connectivity index (χ1n) is 7.10. The Morgan fingerprint density at radius 2 is 1.75 bits per heavy atom. The molecule has 4 nitrogen and oxygen atoms in total. The van der Waals surface area contributed by atoms with Crippen molar-refractivity contribution >= 4 is 15.8 Å². The summed E-state index contributed by atoms with van der Waals surface area (Å²) in [6.45, 7) is 2.39. The topological polar surface area (TPSA) is 54.5 Å². The first kappa shape index (κ1) is 13.8. The Labute approximate surface area is 119 Å². The smallest absolute Gasteiger partial charge is 0.243 e. The molecule has 1 aliphatic heterocycles. The molecule has 0 aromatic heterocycles. The summed E-state index contributed by atoms with van der Waals surface area (Å²) in [7, 11) is -3.57. The van der Waals surface area contributed by atoms with Gasteiger partial charge in [-0.15, -0.1) is 0 Å². The predicted octanol–water partition coefficient (Wildman–Crippen LogP) is 2.27. The first-order chi connectivity index (χ1) is 9.47. The van der Waals surface area contributed by atoms with E-state index in [2.05, 4.69) is 0 Å². The molecule has 20 heavy (non-hydrogen) atoms. The van der Waals surface area contributed by atoms with Crippen LogP contribution in [0.15, 0.2) is 29.2 Å². The van der Waals surface area contributed by atoms with Gasteiger partial charge < -0.3 is 0 Å². The number of carbonyl (C=O) groups is 1. The fraction of sp³-hybridized carbons (Fsp3) is 0.533. The van der Waals surface area contributed by atoms with Crippen LogP contribution in [0.25, 0.3) is 0 Å². The number of aryl methyl sites for hydroxylation is 1. The Bertz CT molecular complexity index is 632. The van der Waals surface area contributed by atoms with E-state index in [4.69, 9.17) is 0 Å². The highest BCUT2D eigenvalue weighted by molar-refractivity contribution is 7.89. The maximum atomic E-state index is 12.8. The molecule has 0 amide bonds. The van der Waals surface area contributed by atoms with Gasteiger partial charge in [-0.3, -0.25) is 4.79 Å². The van der Waals surface area contributed by atoms with Gasteiger partial charge in [-0.05, 0) is 44.7 Å². The molecule has 0 bridgehead atoms. The van der Waals surface area contributed by atoms with E-state index in [1.54, 1.807) is 24.3 Å². The monoisotopic (exact) mass is 293 g/mol. The Hall–Kier alpha value is -1.20. The van der Waals surface area contributed by atoms with Gasteiger partial charge in [0, 0.05) is 13.0 Å². The number of benzene rings is 1. The van der Waals surface area contributed by atoms with Crippen LogP contribution in [0.4, 0.5) is 0 Å². The van der Waals surface area contributed by atoms with Crippen LogP contribution in [-0.4, -0.2) is 30.6 Å². The Balaban J connectivity index is 2.03. The lowest BCUT2D eigenvalue weighted by atomic mass is 9.95. The SMILES string of the molecule is Cc1ccc(S(=O)(=O)N2CCC[C@]23CCCC3=O)cc1. The van der Waals surface area contributed by atoms with Crippen LogP contribution in [0.2, 0.25) is 0 Å². The van der Waals surface area contributed by atoms with Gasteiger partial charge >= 0.3 is 0 Å². The fourth-order valence-corrected chi connectivity index (χ4v) is 5.33. The zero-order valence-electron chi connectivity index (χ0n) is 11.6. The van der Waals surface area contributed by atoms with E-state index in [9.17, 15) is 13.2 Å². The number of hydrogen-bond donors (Lipinski definition) is 0. The summed E-state index contributed by atoms with van der Waals surface area (Å²) in [4.78, 5) is 12.5. The minimum atomic E-state index is -3.57.